The molecule has 0 aromatic heterocycles. The number of fused-ring (bicyclic) bond motifs is 1. The summed E-state index contributed by atoms with van der Waals surface area (Å²) in [6.45, 7) is -0.515. The summed E-state index contributed by atoms with van der Waals surface area (Å²) in [5.41, 5.74) is 0.763. The number of esters is 1. The molecule has 4 N–H and O–H groups in total. The van der Waals surface area contributed by atoms with Crippen molar-refractivity contribution >= 4 is 5.97 Å². The molecule has 0 spiro atoms. The van der Waals surface area contributed by atoms with Crippen LogP contribution in [0.5, 0.6) is 0 Å². The summed E-state index contributed by atoms with van der Waals surface area (Å²) >= 11 is 0. The van der Waals surface area contributed by atoms with Gasteiger partial charge >= 0.3 is 5.97 Å². The fourth-order valence-electron chi connectivity index (χ4n) is 2.77. The van der Waals surface area contributed by atoms with Crippen molar-refractivity contribution in [1.29, 1.82) is 0 Å². The second-order valence-electron chi connectivity index (χ2n) is 5.54. The standard InChI is InChI=1S/C14H18O8/c15-5-9-11(17)12(18)13(19)14(22-9)20-7-2-1-6-3-10(16)21-8(6)4-7/h1-3,7-9,11-15,17-19H,4-5H2/t7-,8+,9+,11+,12-,13+,14+/m0/s1. The molecule has 0 amide bonds. The molecule has 1 fully saturated rings. The molecule has 1 aliphatic carbocycles. The Morgan fingerprint density at radius 3 is 2.73 bits per heavy atom. The lowest BCUT2D eigenvalue weighted by molar-refractivity contribution is -0.308. The van der Waals surface area contributed by atoms with Crippen molar-refractivity contribution in [3.8, 4) is 0 Å². The highest BCUT2D eigenvalue weighted by atomic mass is 16.7. The third kappa shape index (κ3) is 2.81. The van der Waals surface area contributed by atoms with Gasteiger partial charge in [0.1, 0.15) is 30.5 Å². The zero-order valence-electron chi connectivity index (χ0n) is 11.6. The van der Waals surface area contributed by atoms with Gasteiger partial charge in [-0.2, -0.15) is 0 Å². The van der Waals surface area contributed by atoms with E-state index < -0.39 is 55.5 Å². The topological polar surface area (TPSA) is 126 Å². The molecule has 0 radical (unpaired) electrons. The molecule has 8 nitrogen and oxygen atoms in total. The summed E-state index contributed by atoms with van der Waals surface area (Å²) in [5.74, 6) is -0.404. The first-order valence-electron chi connectivity index (χ1n) is 7.06. The Kier molecular flexibility index (Phi) is 4.31. The molecule has 22 heavy (non-hydrogen) atoms. The van der Waals surface area contributed by atoms with Gasteiger partial charge in [0, 0.05) is 12.5 Å². The van der Waals surface area contributed by atoms with E-state index in [1.54, 1.807) is 12.2 Å². The van der Waals surface area contributed by atoms with E-state index in [0.29, 0.717) is 6.42 Å². The van der Waals surface area contributed by atoms with Crippen LogP contribution in [0.3, 0.4) is 0 Å². The van der Waals surface area contributed by atoms with Crippen molar-refractivity contribution < 1.29 is 39.4 Å². The number of aliphatic hydroxyl groups is 4. The van der Waals surface area contributed by atoms with Gasteiger partial charge in [0.05, 0.1) is 12.7 Å². The van der Waals surface area contributed by atoms with E-state index >= 15 is 0 Å². The summed E-state index contributed by atoms with van der Waals surface area (Å²) < 4.78 is 16.0. The maximum Gasteiger partial charge on any atom is 0.331 e. The first-order chi connectivity index (χ1) is 10.5. The number of rotatable bonds is 3. The Balaban J connectivity index is 1.65. The zero-order valence-corrected chi connectivity index (χ0v) is 11.6. The second-order valence-corrected chi connectivity index (χ2v) is 5.54. The van der Waals surface area contributed by atoms with E-state index in [9.17, 15) is 20.1 Å². The summed E-state index contributed by atoms with van der Waals surface area (Å²) in [7, 11) is 0. The van der Waals surface area contributed by atoms with Crippen LogP contribution >= 0.6 is 0 Å². The molecule has 0 aromatic rings. The predicted molar refractivity (Wildman–Crippen MR) is 70.4 cm³/mol. The Labute approximate surface area is 126 Å². The number of carbonyl (C=O) groups is 1. The number of carbonyl (C=O) groups excluding carboxylic acids is 1. The van der Waals surface area contributed by atoms with Crippen molar-refractivity contribution in [2.24, 2.45) is 0 Å². The monoisotopic (exact) mass is 314 g/mol. The van der Waals surface area contributed by atoms with E-state index in [-0.39, 0.29) is 0 Å². The number of hydrogen-bond acceptors (Lipinski definition) is 8. The van der Waals surface area contributed by atoms with Gasteiger partial charge in [-0.05, 0) is 5.57 Å². The summed E-state index contributed by atoms with van der Waals surface area (Å²) in [6, 6.07) is 0. The van der Waals surface area contributed by atoms with E-state index in [4.69, 9.17) is 19.3 Å². The molecule has 3 aliphatic rings. The Bertz CT molecular complexity index is 499. The van der Waals surface area contributed by atoms with Crippen LogP contribution in [0, 0.1) is 0 Å². The Morgan fingerprint density at radius 2 is 2.00 bits per heavy atom. The zero-order chi connectivity index (χ0) is 15.9. The minimum Gasteiger partial charge on any atom is -0.454 e. The van der Waals surface area contributed by atoms with Crippen LogP contribution in [0.2, 0.25) is 0 Å². The highest BCUT2D eigenvalue weighted by molar-refractivity contribution is 5.86. The average Bonchev–Trinajstić information content (AvgIpc) is 2.87. The number of aliphatic hydroxyl groups excluding tert-OH is 4. The molecular weight excluding hydrogens is 296 g/mol. The van der Waals surface area contributed by atoms with Gasteiger partial charge in [-0.1, -0.05) is 12.2 Å². The van der Waals surface area contributed by atoms with Gasteiger partial charge in [0.15, 0.2) is 6.29 Å². The average molecular weight is 314 g/mol. The Hall–Kier alpha value is -1.29. The molecule has 1 saturated heterocycles. The van der Waals surface area contributed by atoms with Crippen LogP contribution in [0.4, 0.5) is 0 Å². The minimum absolute atomic E-state index is 0.364. The largest absolute Gasteiger partial charge is 0.454 e. The SMILES string of the molecule is O=C1C=C2C=C[C@H](O[C@@H]3O[C@H](CO)[C@@H](O)[C@H](O)[C@H]3O)C[C@H]2O1. The molecule has 8 heteroatoms. The molecule has 3 rings (SSSR count). The van der Waals surface area contributed by atoms with Crippen LogP contribution in [-0.2, 0) is 19.0 Å². The van der Waals surface area contributed by atoms with Crippen molar-refractivity contribution in [2.45, 2.75) is 49.3 Å². The first kappa shape index (κ1) is 15.6. The van der Waals surface area contributed by atoms with Crippen molar-refractivity contribution in [3.05, 3.63) is 23.8 Å². The summed E-state index contributed by atoms with van der Waals surface area (Å²) in [5, 5.41) is 38.5. The molecule has 122 valence electrons. The molecule has 0 bridgehead atoms. The van der Waals surface area contributed by atoms with Crippen LogP contribution in [0.25, 0.3) is 0 Å². The van der Waals surface area contributed by atoms with Gasteiger partial charge in [-0.25, -0.2) is 4.79 Å². The molecule has 7 atom stereocenters. The minimum atomic E-state index is -1.48. The lowest BCUT2D eigenvalue weighted by Gasteiger charge is -2.41. The predicted octanol–water partition coefficient (Wildman–Crippen LogP) is -2.02. The van der Waals surface area contributed by atoms with E-state index in [0.717, 1.165) is 5.57 Å². The van der Waals surface area contributed by atoms with E-state index in [1.807, 2.05) is 0 Å². The molecule has 2 aliphatic heterocycles. The van der Waals surface area contributed by atoms with Crippen LogP contribution < -0.4 is 0 Å². The van der Waals surface area contributed by atoms with Crippen LogP contribution in [-0.4, -0.2) is 75.9 Å². The molecule has 2 heterocycles. The number of ether oxygens (including phenoxy) is 3. The number of hydrogen-bond donors (Lipinski definition) is 4. The fraction of sp³-hybridized carbons (Fsp3) is 0.643. The van der Waals surface area contributed by atoms with Gasteiger partial charge in [0.25, 0.3) is 0 Å². The smallest absolute Gasteiger partial charge is 0.331 e. The molecule has 0 saturated carbocycles. The summed E-state index contributed by atoms with van der Waals surface area (Å²) in [6.07, 6.45) is -2.29. The van der Waals surface area contributed by atoms with Crippen LogP contribution in [0.15, 0.2) is 23.8 Å². The quantitative estimate of drug-likeness (QED) is 0.440. The maximum absolute atomic E-state index is 11.2. The third-order valence-corrected chi connectivity index (χ3v) is 4.02. The third-order valence-electron chi connectivity index (χ3n) is 4.02. The molecule has 0 unspecified atom stereocenters. The highest BCUT2D eigenvalue weighted by Crippen LogP contribution is 2.30. The highest BCUT2D eigenvalue weighted by Gasteiger charge is 2.45. The fourth-order valence-corrected chi connectivity index (χ4v) is 2.77. The van der Waals surface area contributed by atoms with Gasteiger partial charge < -0.3 is 34.6 Å². The van der Waals surface area contributed by atoms with Crippen LogP contribution in [0.1, 0.15) is 6.42 Å². The Morgan fingerprint density at radius 1 is 1.23 bits per heavy atom. The van der Waals surface area contributed by atoms with Gasteiger partial charge in [-0.3, -0.25) is 0 Å². The van der Waals surface area contributed by atoms with Crippen molar-refractivity contribution in [3.63, 3.8) is 0 Å². The normalized spacial score (nSPS) is 44.5. The lowest BCUT2D eigenvalue weighted by Crippen LogP contribution is -2.59. The van der Waals surface area contributed by atoms with Crippen molar-refractivity contribution in [1.82, 2.24) is 0 Å². The van der Waals surface area contributed by atoms with E-state index in [1.165, 1.54) is 6.08 Å². The summed E-state index contributed by atoms with van der Waals surface area (Å²) in [4.78, 5) is 11.2. The van der Waals surface area contributed by atoms with Gasteiger partial charge in [0.2, 0.25) is 0 Å². The van der Waals surface area contributed by atoms with Gasteiger partial charge in [-0.15, -0.1) is 0 Å². The lowest BCUT2D eigenvalue weighted by atomic mass is 9.96. The maximum atomic E-state index is 11.2. The van der Waals surface area contributed by atoms with Crippen molar-refractivity contribution in [2.75, 3.05) is 6.61 Å². The second kappa shape index (κ2) is 6.07. The molecule has 0 aromatic carbocycles. The molecular formula is C14H18O8. The first-order valence-corrected chi connectivity index (χ1v) is 7.06. The van der Waals surface area contributed by atoms with E-state index in [2.05, 4.69) is 0 Å².